The Hall–Kier alpha value is -0.770. The number of unbranched alkanes of at least 4 members (excludes halogenated alkanes) is 1. The van der Waals surface area contributed by atoms with Crippen LogP contribution in [0.3, 0.4) is 0 Å². The second-order valence-electron chi connectivity index (χ2n) is 3.32. The molecule has 0 aliphatic rings. The van der Waals surface area contributed by atoms with Gasteiger partial charge in [0, 0.05) is 0 Å². The van der Waals surface area contributed by atoms with Crippen molar-refractivity contribution < 1.29 is 18.5 Å². The van der Waals surface area contributed by atoms with Gasteiger partial charge in [-0.05, 0) is 17.9 Å². The number of rotatable bonds is 5. The van der Waals surface area contributed by atoms with Gasteiger partial charge in [0.2, 0.25) is 6.33 Å². The molecular weight excluding hydrogens is 227 g/mol. The first-order valence-electron chi connectivity index (χ1n) is 5.38. The van der Waals surface area contributed by atoms with E-state index in [1.54, 1.807) is 0 Å². The SMILES string of the molecule is CCCCO[P+](=O)[O-].CCn1cc[n+](C)c1. The van der Waals surface area contributed by atoms with Gasteiger partial charge in [-0.3, -0.25) is 0 Å². The molecular formula is C10H20N2O3P+. The third-order valence-corrected chi connectivity index (χ3v) is 2.28. The number of aryl methyl sites for hydroxylation is 2. The number of aromatic nitrogens is 2. The van der Waals surface area contributed by atoms with Crippen LogP contribution >= 0.6 is 8.25 Å². The Kier molecular flexibility index (Phi) is 9.00. The molecule has 92 valence electrons. The Morgan fingerprint density at radius 3 is 2.50 bits per heavy atom. The maximum atomic E-state index is 9.69. The van der Waals surface area contributed by atoms with E-state index in [9.17, 15) is 9.46 Å². The summed E-state index contributed by atoms with van der Waals surface area (Å²) in [6.45, 7) is 5.48. The minimum atomic E-state index is -2.61. The summed E-state index contributed by atoms with van der Waals surface area (Å²) in [5, 5.41) is 0. The van der Waals surface area contributed by atoms with Crippen molar-refractivity contribution in [3.8, 4) is 0 Å². The molecule has 1 heterocycles. The van der Waals surface area contributed by atoms with Crippen molar-refractivity contribution in [1.82, 2.24) is 4.57 Å². The van der Waals surface area contributed by atoms with Gasteiger partial charge < -0.3 is 4.89 Å². The predicted molar refractivity (Wildman–Crippen MR) is 59.7 cm³/mol. The molecule has 1 aromatic heterocycles. The van der Waals surface area contributed by atoms with Gasteiger partial charge in [0.25, 0.3) is 0 Å². The standard InChI is InChI=1S/C6H11N2.C4H9O3P/c1-3-8-5-4-7(2)6-8;1-2-3-4-7-8(5)6/h4-6H,3H2,1-2H3;2-4H2,1H3/q+1;. The molecule has 0 aromatic carbocycles. The normalized spacial score (nSPS) is 10.6. The van der Waals surface area contributed by atoms with E-state index in [0.29, 0.717) is 6.61 Å². The molecule has 1 atom stereocenters. The third kappa shape index (κ3) is 8.53. The second-order valence-corrected chi connectivity index (χ2v) is 4.03. The molecule has 0 saturated carbocycles. The van der Waals surface area contributed by atoms with Gasteiger partial charge >= 0.3 is 8.25 Å². The van der Waals surface area contributed by atoms with E-state index in [2.05, 4.69) is 28.5 Å². The summed E-state index contributed by atoms with van der Waals surface area (Å²) in [4.78, 5) is 9.69. The summed E-state index contributed by atoms with van der Waals surface area (Å²) in [7, 11) is -0.592. The van der Waals surface area contributed by atoms with Crippen LogP contribution in [0.15, 0.2) is 18.7 Å². The monoisotopic (exact) mass is 247 g/mol. The van der Waals surface area contributed by atoms with E-state index in [-0.39, 0.29) is 0 Å². The first-order valence-corrected chi connectivity index (χ1v) is 6.48. The Balaban J connectivity index is 0.000000281. The fraction of sp³-hybridized carbons (Fsp3) is 0.700. The maximum absolute atomic E-state index is 9.69. The van der Waals surface area contributed by atoms with Gasteiger partial charge in [-0.1, -0.05) is 13.3 Å². The van der Waals surface area contributed by atoms with Crippen molar-refractivity contribution in [2.75, 3.05) is 6.61 Å². The van der Waals surface area contributed by atoms with Crippen LogP contribution in [0.1, 0.15) is 26.7 Å². The fourth-order valence-corrected chi connectivity index (χ4v) is 1.25. The molecule has 5 nitrogen and oxygen atoms in total. The maximum Gasteiger partial charge on any atom is 0.488 e. The second kappa shape index (κ2) is 9.46. The van der Waals surface area contributed by atoms with E-state index in [4.69, 9.17) is 0 Å². The van der Waals surface area contributed by atoms with E-state index in [1.807, 2.05) is 24.7 Å². The lowest BCUT2D eigenvalue weighted by atomic mass is 10.4. The topological polar surface area (TPSA) is 58.2 Å². The van der Waals surface area contributed by atoms with Crippen molar-refractivity contribution in [3.05, 3.63) is 18.7 Å². The molecule has 0 fully saturated rings. The Labute approximate surface area is 97.6 Å². The fourth-order valence-electron chi connectivity index (χ4n) is 0.972. The Morgan fingerprint density at radius 1 is 1.50 bits per heavy atom. The van der Waals surface area contributed by atoms with E-state index < -0.39 is 8.25 Å². The first kappa shape index (κ1) is 15.2. The van der Waals surface area contributed by atoms with Crippen LogP contribution in [-0.4, -0.2) is 11.2 Å². The van der Waals surface area contributed by atoms with Crippen LogP contribution in [-0.2, 0) is 22.7 Å². The quantitative estimate of drug-likeness (QED) is 0.445. The first-order chi connectivity index (χ1) is 7.60. The number of hydrogen-bond acceptors (Lipinski definition) is 3. The van der Waals surface area contributed by atoms with Crippen LogP contribution in [0.2, 0.25) is 0 Å². The zero-order valence-electron chi connectivity index (χ0n) is 10.1. The minimum Gasteiger partial charge on any atom is -0.566 e. The summed E-state index contributed by atoms with van der Waals surface area (Å²) in [5.41, 5.74) is 0. The third-order valence-electron chi connectivity index (χ3n) is 1.88. The molecule has 0 N–H and O–H groups in total. The Morgan fingerprint density at radius 2 is 2.19 bits per heavy atom. The van der Waals surface area contributed by atoms with Crippen LogP contribution in [0.25, 0.3) is 0 Å². The molecule has 0 aliphatic heterocycles. The number of hydrogen-bond donors (Lipinski definition) is 0. The van der Waals surface area contributed by atoms with Crippen molar-refractivity contribution >= 4 is 8.25 Å². The van der Waals surface area contributed by atoms with Crippen LogP contribution in [0, 0.1) is 0 Å². The predicted octanol–water partition coefficient (Wildman–Crippen LogP) is 1.15. The molecule has 1 rings (SSSR count). The lowest BCUT2D eigenvalue weighted by Crippen LogP contribution is -2.23. The molecule has 0 spiro atoms. The highest BCUT2D eigenvalue weighted by Gasteiger charge is 1.97. The molecule has 0 radical (unpaired) electrons. The van der Waals surface area contributed by atoms with Crippen molar-refractivity contribution in [2.24, 2.45) is 7.05 Å². The molecule has 0 aliphatic carbocycles. The molecule has 0 bridgehead atoms. The Bertz CT molecular complexity index is 302. The zero-order chi connectivity index (χ0) is 12.4. The lowest BCUT2D eigenvalue weighted by Gasteiger charge is -1.87. The van der Waals surface area contributed by atoms with Crippen LogP contribution in [0.5, 0.6) is 0 Å². The molecule has 16 heavy (non-hydrogen) atoms. The van der Waals surface area contributed by atoms with Gasteiger partial charge in [-0.25, -0.2) is 9.13 Å². The molecule has 0 amide bonds. The minimum absolute atomic E-state index is 0.329. The summed E-state index contributed by atoms with van der Waals surface area (Å²) in [6, 6.07) is 0. The summed E-state index contributed by atoms with van der Waals surface area (Å²) in [5.74, 6) is 0. The van der Waals surface area contributed by atoms with Gasteiger partial charge in [0.15, 0.2) is 0 Å². The van der Waals surface area contributed by atoms with E-state index >= 15 is 0 Å². The average molecular weight is 247 g/mol. The zero-order valence-corrected chi connectivity index (χ0v) is 11.0. The smallest absolute Gasteiger partial charge is 0.488 e. The number of imidazole rings is 1. The summed E-state index contributed by atoms with van der Waals surface area (Å²) in [6.07, 6.45) is 7.91. The van der Waals surface area contributed by atoms with Gasteiger partial charge in [0.1, 0.15) is 19.0 Å². The van der Waals surface area contributed by atoms with Crippen molar-refractivity contribution in [3.63, 3.8) is 0 Å². The van der Waals surface area contributed by atoms with E-state index in [0.717, 1.165) is 19.4 Å². The van der Waals surface area contributed by atoms with Crippen molar-refractivity contribution in [1.29, 1.82) is 0 Å². The van der Waals surface area contributed by atoms with E-state index in [1.165, 1.54) is 0 Å². The average Bonchev–Trinajstić information content (AvgIpc) is 2.65. The highest BCUT2D eigenvalue weighted by molar-refractivity contribution is 7.30. The van der Waals surface area contributed by atoms with Crippen LogP contribution in [0.4, 0.5) is 0 Å². The van der Waals surface area contributed by atoms with Gasteiger partial charge in [-0.2, -0.15) is 0 Å². The molecule has 6 heteroatoms. The molecule has 0 saturated heterocycles. The molecule has 1 unspecified atom stereocenters. The van der Waals surface area contributed by atoms with Gasteiger partial charge in [-0.15, -0.1) is 4.52 Å². The largest absolute Gasteiger partial charge is 0.566 e. The summed E-state index contributed by atoms with van der Waals surface area (Å²) < 4.78 is 18.1. The highest BCUT2D eigenvalue weighted by Crippen LogP contribution is 2.08. The van der Waals surface area contributed by atoms with Gasteiger partial charge in [0.05, 0.1) is 13.6 Å². The summed E-state index contributed by atoms with van der Waals surface area (Å²) >= 11 is 0. The highest BCUT2D eigenvalue weighted by atomic mass is 31.1. The number of nitrogens with zero attached hydrogens (tertiary/aromatic N) is 2. The molecule has 1 aromatic rings. The van der Waals surface area contributed by atoms with Crippen LogP contribution < -0.4 is 9.46 Å². The van der Waals surface area contributed by atoms with Crippen molar-refractivity contribution in [2.45, 2.75) is 33.2 Å². The lowest BCUT2D eigenvalue weighted by molar-refractivity contribution is -0.671.